The fourth-order valence-corrected chi connectivity index (χ4v) is 3.10. The van der Waals surface area contributed by atoms with E-state index >= 15 is 0 Å². The summed E-state index contributed by atoms with van der Waals surface area (Å²) >= 11 is 0. The number of anilines is 1. The van der Waals surface area contributed by atoms with Gasteiger partial charge in [0.1, 0.15) is 0 Å². The van der Waals surface area contributed by atoms with Crippen LogP contribution in [0.3, 0.4) is 0 Å². The Balaban J connectivity index is 1.78. The highest BCUT2D eigenvalue weighted by molar-refractivity contribution is 6.07. The van der Waals surface area contributed by atoms with E-state index in [2.05, 4.69) is 10.3 Å². The molecule has 5 heteroatoms. The average Bonchev–Trinajstić information content (AvgIpc) is 2.85. The zero-order valence-corrected chi connectivity index (χ0v) is 14.9. The summed E-state index contributed by atoms with van der Waals surface area (Å²) in [5, 5.41) is 2.87. The molecule has 0 saturated heterocycles. The van der Waals surface area contributed by atoms with Gasteiger partial charge < -0.3 is 10.2 Å². The van der Waals surface area contributed by atoms with Crippen LogP contribution in [0.25, 0.3) is 0 Å². The van der Waals surface area contributed by atoms with Crippen molar-refractivity contribution < 1.29 is 9.59 Å². The number of nitrogens with one attached hydrogen (secondary N) is 1. The van der Waals surface area contributed by atoms with Crippen molar-refractivity contribution in [1.82, 2.24) is 9.88 Å². The van der Waals surface area contributed by atoms with E-state index in [9.17, 15) is 9.59 Å². The number of aromatic nitrogens is 1. The quantitative estimate of drug-likeness (QED) is 0.912. The molecule has 1 aromatic heterocycles. The smallest absolute Gasteiger partial charge is 0.253 e. The Bertz CT molecular complexity index is 800. The number of benzene rings is 1. The molecule has 0 radical (unpaired) electrons. The van der Waals surface area contributed by atoms with Crippen LogP contribution in [0, 0.1) is 0 Å². The number of nitrogens with zero attached hydrogens (tertiary/aromatic N) is 2. The molecule has 0 unspecified atom stereocenters. The normalized spacial score (nSPS) is 14.8. The summed E-state index contributed by atoms with van der Waals surface area (Å²) in [6.45, 7) is 7.03. The molecule has 0 aliphatic carbocycles. The number of likely N-dealkylation sites (N-methyl/N-ethyl adjacent to an activating group) is 1. The van der Waals surface area contributed by atoms with Gasteiger partial charge in [-0.3, -0.25) is 14.6 Å². The third-order valence-corrected chi connectivity index (χ3v) is 4.84. The number of carbonyl (C=O) groups excluding carboxylic acids is 2. The Labute approximate surface area is 148 Å². The number of carbonyl (C=O) groups is 2. The Hall–Kier alpha value is -2.69. The van der Waals surface area contributed by atoms with Gasteiger partial charge in [0.15, 0.2) is 0 Å². The van der Waals surface area contributed by atoms with Gasteiger partial charge in [-0.25, -0.2) is 0 Å². The van der Waals surface area contributed by atoms with Crippen molar-refractivity contribution in [1.29, 1.82) is 0 Å². The van der Waals surface area contributed by atoms with Crippen LogP contribution >= 0.6 is 0 Å². The number of fused-ring (bicyclic) bond motifs is 1. The van der Waals surface area contributed by atoms with E-state index in [0.717, 1.165) is 23.2 Å². The Morgan fingerprint density at radius 3 is 2.60 bits per heavy atom. The fraction of sp³-hybridized carbons (Fsp3) is 0.350. The highest BCUT2D eigenvalue weighted by Gasteiger charge is 2.38. The molecule has 1 aliphatic rings. The molecule has 0 spiro atoms. The summed E-state index contributed by atoms with van der Waals surface area (Å²) in [5.74, 6) is -0.0355. The van der Waals surface area contributed by atoms with Crippen LogP contribution in [0.5, 0.6) is 0 Å². The highest BCUT2D eigenvalue weighted by atomic mass is 16.2. The van der Waals surface area contributed by atoms with E-state index in [4.69, 9.17) is 0 Å². The number of amides is 2. The maximum absolute atomic E-state index is 12.9. The highest BCUT2D eigenvalue weighted by Crippen LogP contribution is 2.37. The van der Waals surface area contributed by atoms with Gasteiger partial charge in [0.25, 0.3) is 5.91 Å². The van der Waals surface area contributed by atoms with E-state index in [1.807, 2.05) is 49.9 Å². The average molecular weight is 337 g/mol. The standard InChI is InChI=1S/C20H23N3O2/c1-4-23(12-9-14-7-10-21-11-8-14)18(24)15-5-6-17-16(13-15)20(2,3)19(25)22-17/h5-8,10-11,13H,4,9,12H2,1-3H3,(H,22,25). The van der Waals surface area contributed by atoms with E-state index in [-0.39, 0.29) is 11.8 Å². The zero-order valence-electron chi connectivity index (χ0n) is 14.9. The molecule has 2 heterocycles. The SMILES string of the molecule is CCN(CCc1ccncc1)C(=O)c1ccc2c(c1)C(C)(C)C(=O)N2. The molecule has 25 heavy (non-hydrogen) atoms. The number of hydrogen-bond acceptors (Lipinski definition) is 3. The molecule has 1 N–H and O–H groups in total. The van der Waals surface area contributed by atoms with Crippen LogP contribution < -0.4 is 5.32 Å². The van der Waals surface area contributed by atoms with E-state index < -0.39 is 5.41 Å². The lowest BCUT2D eigenvalue weighted by Crippen LogP contribution is -2.33. The minimum Gasteiger partial charge on any atom is -0.339 e. The van der Waals surface area contributed by atoms with Gasteiger partial charge in [-0.05, 0) is 68.7 Å². The minimum atomic E-state index is -0.611. The molecular weight excluding hydrogens is 314 g/mol. The Morgan fingerprint density at radius 1 is 1.20 bits per heavy atom. The first-order valence-electron chi connectivity index (χ1n) is 8.57. The van der Waals surface area contributed by atoms with Crippen LogP contribution in [-0.2, 0) is 16.6 Å². The van der Waals surface area contributed by atoms with E-state index in [0.29, 0.717) is 18.7 Å². The molecule has 2 aromatic rings. The maximum atomic E-state index is 12.9. The molecule has 0 atom stereocenters. The second-order valence-corrected chi connectivity index (χ2v) is 6.83. The lowest BCUT2D eigenvalue weighted by atomic mass is 9.85. The van der Waals surface area contributed by atoms with Gasteiger partial charge in [0.2, 0.25) is 5.91 Å². The summed E-state index contributed by atoms with van der Waals surface area (Å²) in [4.78, 5) is 30.8. The second kappa shape index (κ2) is 6.67. The van der Waals surface area contributed by atoms with Gasteiger partial charge in [-0.2, -0.15) is 0 Å². The lowest BCUT2D eigenvalue weighted by molar-refractivity contribution is -0.119. The first-order valence-corrected chi connectivity index (χ1v) is 8.57. The predicted octanol–water partition coefficient (Wildman–Crippen LogP) is 3.02. The van der Waals surface area contributed by atoms with E-state index in [1.54, 1.807) is 18.5 Å². The molecule has 0 saturated carbocycles. The van der Waals surface area contributed by atoms with Crippen molar-refractivity contribution in [2.24, 2.45) is 0 Å². The third kappa shape index (κ3) is 3.27. The van der Waals surface area contributed by atoms with Crippen molar-refractivity contribution in [2.45, 2.75) is 32.6 Å². The minimum absolute atomic E-state index is 0.00509. The van der Waals surface area contributed by atoms with Gasteiger partial charge in [0, 0.05) is 36.7 Å². The first-order chi connectivity index (χ1) is 11.9. The molecule has 1 aliphatic heterocycles. The first kappa shape index (κ1) is 17.1. The van der Waals surface area contributed by atoms with Crippen molar-refractivity contribution >= 4 is 17.5 Å². The third-order valence-electron chi connectivity index (χ3n) is 4.84. The summed E-state index contributed by atoms with van der Waals surface area (Å²) in [7, 11) is 0. The van der Waals surface area contributed by atoms with Crippen LogP contribution in [0.4, 0.5) is 5.69 Å². The topological polar surface area (TPSA) is 62.3 Å². The monoisotopic (exact) mass is 337 g/mol. The largest absolute Gasteiger partial charge is 0.339 e. The van der Waals surface area contributed by atoms with Crippen LogP contribution in [0.1, 0.15) is 42.3 Å². The summed E-state index contributed by atoms with van der Waals surface area (Å²) in [6, 6.07) is 9.40. The molecule has 130 valence electrons. The Kier molecular flexibility index (Phi) is 4.57. The molecule has 3 rings (SSSR count). The van der Waals surface area contributed by atoms with Gasteiger partial charge >= 0.3 is 0 Å². The summed E-state index contributed by atoms with van der Waals surface area (Å²) < 4.78 is 0. The Morgan fingerprint density at radius 2 is 1.92 bits per heavy atom. The van der Waals surface area contributed by atoms with Crippen molar-refractivity contribution in [3.63, 3.8) is 0 Å². The number of hydrogen-bond donors (Lipinski definition) is 1. The van der Waals surface area contributed by atoms with Crippen LogP contribution in [0.15, 0.2) is 42.7 Å². The molecule has 0 fully saturated rings. The van der Waals surface area contributed by atoms with Crippen LogP contribution in [0.2, 0.25) is 0 Å². The zero-order chi connectivity index (χ0) is 18.0. The summed E-state index contributed by atoms with van der Waals surface area (Å²) in [6.07, 6.45) is 4.32. The number of rotatable bonds is 5. The van der Waals surface area contributed by atoms with Crippen molar-refractivity contribution in [3.05, 3.63) is 59.4 Å². The van der Waals surface area contributed by atoms with Crippen LogP contribution in [-0.4, -0.2) is 34.8 Å². The molecule has 1 aromatic carbocycles. The summed E-state index contributed by atoms with van der Waals surface area (Å²) in [5.41, 5.74) is 2.85. The van der Waals surface area contributed by atoms with Crippen molar-refractivity contribution in [2.75, 3.05) is 18.4 Å². The molecular formula is C20H23N3O2. The second-order valence-electron chi connectivity index (χ2n) is 6.83. The fourth-order valence-electron chi connectivity index (χ4n) is 3.10. The molecule has 2 amide bonds. The number of pyridine rings is 1. The van der Waals surface area contributed by atoms with Gasteiger partial charge in [-0.1, -0.05) is 0 Å². The predicted molar refractivity (Wildman–Crippen MR) is 97.6 cm³/mol. The van der Waals surface area contributed by atoms with Gasteiger partial charge in [0.05, 0.1) is 5.41 Å². The molecule has 5 nitrogen and oxygen atoms in total. The van der Waals surface area contributed by atoms with E-state index in [1.165, 1.54) is 0 Å². The maximum Gasteiger partial charge on any atom is 0.253 e. The molecule has 0 bridgehead atoms. The van der Waals surface area contributed by atoms with Gasteiger partial charge in [-0.15, -0.1) is 0 Å². The van der Waals surface area contributed by atoms with Crippen molar-refractivity contribution in [3.8, 4) is 0 Å². The lowest BCUT2D eigenvalue weighted by Gasteiger charge is -2.22.